The highest BCUT2D eigenvalue weighted by atomic mass is 16.2. The van der Waals surface area contributed by atoms with Crippen LogP contribution in [0.15, 0.2) is 6.07 Å². The van der Waals surface area contributed by atoms with Crippen molar-refractivity contribution in [1.82, 2.24) is 10.6 Å². The molecule has 0 radical (unpaired) electrons. The summed E-state index contributed by atoms with van der Waals surface area (Å²) in [6.07, 6.45) is 5.82. The molecule has 0 unspecified atom stereocenters. The number of hydrogen-bond donors (Lipinski definition) is 2. The van der Waals surface area contributed by atoms with Crippen LogP contribution in [0.2, 0.25) is 0 Å². The molecule has 0 saturated carbocycles. The molecule has 0 spiro atoms. The molecule has 1 aromatic rings. The Morgan fingerprint density at radius 1 is 0.721 bits per heavy atom. The molecular formula is C39H66N2O2. The quantitative estimate of drug-likeness (QED) is 0.280. The van der Waals surface area contributed by atoms with Crippen molar-refractivity contribution in [2.45, 2.75) is 183 Å². The summed E-state index contributed by atoms with van der Waals surface area (Å²) in [7, 11) is 0. The number of carbonyl (C=O) groups excluding carboxylic acids is 2. The van der Waals surface area contributed by atoms with Crippen molar-refractivity contribution in [2.24, 2.45) is 17.3 Å². The lowest BCUT2D eigenvalue weighted by Crippen LogP contribution is -2.58. The Kier molecular flexibility index (Phi) is 10.0. The van der Waals surface area contributed by atoms with Gasteiger partial charge in [0.1, 0.15) is 11.6 Å². The van der Waals surface area contributed by atoms with Gasteiger partial charge in [-0.25, -0.2) is 0 Å². The Balaban J connectivity index is 2.07. The smallest absolute Gasteiger partial charge is 0.147 e. The van der Waals surface area contributed by atoms with Gasteiger partial charge in [-0.2, -0.15) is 0 Å². The summed E-state index contributed by atoms with van der Waals surface area (Å²) in [5.41, 5.74) is 5.19. The van der Waals surface area contributed by atoms with Crippen LogP contribution in [0, 0.1) is 38.0 Å². The highest BCUT2D eigenvalue weighted by molar-refractivity contribution is 6.07. The van der Waals surface area contributed by atoms with E-state index in [2.05, 4.69) is 121 Å². The van der Waals surface area contributed by atoms with Crippen LogP contribution in [-0.2, 0) is 21.4 Å². The normalized spacial score (nSPS) is 22.4. The van der Waals surface area contributed by atoms with Crippen molar-refractivity contribution in [2.75, 3.05) is 0 Å². The summed E-state index contributed by atoms with van der Waals surface area (Å²) in [5, 5.41) is 7.55. The highest BCUT2D eigenvalue weighted by Crippen LogP contribution is 2.43. The highest BCUT2D eigenvalue weighted by Gasteiger charge is 2.48. The van der Waals surface area contributed by atoms with Crippen LogP contribution in [0.4, 0.5) is 0 Å². The molecule has 2 N–H and O–H groups in total. The second kappa shape index (κ2) is 12.0. The summed E-state index contributed by atoms with van der Waals surface area (Å²) in [4.78, 5) is 29.6. The minimum absolute atomic E-state index is 0.0366. The zero-order valence-corrected chi connectivity index (χ0v) is 30.7. The Bertz CT molecular complexity index is 1130. The van der Waals surface area contributed by atoms with Gasteiger partial charge in [0.2, 0.25) is 0 Å². The molecule has 1 aromatic carbocycles. The number of piperidine rings is 2. The topological polar surface area (TPSA) is 58.2 Å². The first-order valence-corrected chi connectivity index (χ1v) is 17.1. The van der Waals surface area contributed by atoms with E-state index in [0.29, 0.717) is 25.7 Å². The fourth-order valence-corrected chi connectivity index (χ4v) is 9.63. The number of benzene rings is 1. The van der Waals surface area contributed by atoms with Crippen LogP contribution in [0.5, 0.6) is 0 Å². The van der Waals surface area contributed by atoms with Crippen molar-refractivity contribution < 1.29 is 9.59 Å². The SMILES string of the molecule is CCC(Cc1c(C)cc(C(C)(C)C)c(C)c1C)(C(=O)CC1CC(C)(C)NC(C)(C)C1)C(=O)CC1CC(C)(C)NC(C)(C)C1. The zero-order chi connectivity index (χ0) is 33.0. The van der Waals surface area contributed by atoms with E-state index in [0.717, 1.165) is 25.7 Å². The molecule has 43 heavy (non-hydrogen) atoms. The molecule has 0 atom stereocenters. The molecule has 3 rings (SSSR count). The van der Waals surface area contributed by atoms with Crippen LogP contribution in [-0.4, -0.2) is 33.7 Å². The fourth-order valence-electron chi connectivity index (χ4n) is 9.63. The van der Waals surface area contributed by atoms with Crippen molar-refractivity contribution in [3.05, 3.63) is 33.9 Å². The molecule has 4 nitrogen and oxygen atoms in total. The van der Waals surface area contributed by atoms with E-state index < -0.39 is 5.41 Å². The van der Waals surface area contributed by atoms with E-state index in [1.54, 1.807) is 0 Å². The molecule has 2 aliphatic rings. The molecule has 2 saturated heterocycles. The summed E-state index contributed by atoms with van der Waals surface area (Å²) in [6.45, 7) is 33.5. The minimum Gasteiger partial charge on any atom is -0.307 e. The molecule has 0 amide bonds. The molecule has 0 bridgehead atoms. The lowest BCUT2D eigenvalue weighted by molar-refractivity contribution is -0.143. The molecule has 0 aliphatic carbocycles. The predicted octanol–water partition coefficient (Wildman–Crippen LogP) is 8.88. The zero-order valence-electron chi connectivity index (χ0n) is 30.7. The Hall–Kier alpha value is -1.52. The first kappa shape index (κ1) is 36.0. The lowest BCUT2D eigenvalue weighted by atomic mass is 9.64. The van der Waals surface area contributed by atoms with E-state index in [4.69, 9.17) is 0 Å². The number of aryl methyl sites for hydroxylation is 1. The minimum atomic E-state index is -0.996. The third-order valence-corrected chi connectivity index (χ3v) is 10.7. The van der Waals surface area contributed by atoms with Crippen molar-refractivity contribution >= 4 is 11.6 Å². The van der Waals surface area contributed by atoms with Crippen LogP contribution in [0.25, 0.3) is 0 Å². The maximum atomic E-state index is 14.8. The number of ketones is 2. The average Bonchev–Trinajstić information content (AvgIpc) is 2.76. The van der Waals surface area contributed by atoms with E-state index in [1.807, 2.05) is 0 Å². The third-order valence-electron chi connectivity index (χ3n) is 10.7. The van der Waals surface area contributed by atoms with Gasteiger partial charge < -0.3 is 10.6 Å². The van der Waals surface area contributed by atoms with Gasteiger partial charge in [-0.05, 0) is 160 Å². The molecule has 244 valence electrons. The van der Waals surface area contributed by atoms with Crippen LogP contribution in [0.3, 0.4) is 0 Å². The van der Waals surface area contributed by atoms with Gasteiger partial charge in [-0.15, -0.1) is 0 Å². The summed E-state index contributed by atoms with van der Waals surface area (Å²) in [6, 6.07) is 2.32. The van der Waals surface area contributed by atoms with Gasteiger partial charge in [0.15, 0.2) is 0 Å². The number of carbonyl (C=O) groups is 2. The van der Waals surface area contributed by atoms with Gasteiger partial charge in [-0.3, -0.25) is 9.59 Å². The number of nitrogens with one attached hydrogen (secondary N) is 2. The first-order valence-electron chi connectivity index (χ1n) is 17.1. The maximum Gasteiger partial charge on any atom is 0.147 e. The second-order valence-corrected chi connectivity index (χ2v) is 18.4. The van der Waals surface area contributed by atoms with Gasteiger partial charge >= 0.3 is 0 Å². The summed E-state index contributed by atoms with van der Waals surface area (Å²) in [5.74, 6) is 0.868. The third kappa shape index (κ3) is 8.40. The van der Waals surface area contributed by atoms with Gasteiger partial charge in [0.05, 0.1) is 5.41 Å². The molecular weight excluding hydrogens is 528 g/mol. The standard InChI is InChI=1S/C39H66N2O2/c1-16-39(32(42)18-28-20-35(8,9)40-36(10,11)21-28,33(43)19-29-22-37(12,13)41-38(14,15)23-29)24-30-25(2)17-31(34(5,6)7)27(4)26(30)3/h17,28-29,40-41H,16,18-24H2,1-15H3. The van der Waals surface area contributed by atoms with E-state index >= 15 is 0 Å². The molecule has 0 aromatic heterocycles. The van der Waals surface area contributed by atoms with E-state index in [1.165, 1.54) is 27.8 Å². The van der Waals surface area contributed by atoms with Crippen LogP contribution < -0.4 is 10.6 Å². The monoisotopic (exact) mass is 595 g/mol. The van der Waals surface area contributed by atoms with Crippen molar-refractivity contribution in [3.63, 3.8) is 0 Å². The first-order chi connectivity index (χ1) is 19.3. The van der Waals surface area contributed by atoms with Gasteiger partial charge in [0, 0.05) is 35.0 Å². The van der Waals surface area contributed by atoms with Crippen molar-refractivity contribution in [1.29, 1.82) is 0 Å². The molecule has 2 aliphatic heterocycles. The average molecular weight is 595 g/mol. The van der Waals surface area contributed by atoms with E-state index in [9.17, 15) is 9.59 Å². The Morgan fingerprint density at radius 2 is 1.09 bits per heavy atom. The van der Waals surface area contributed by atoms with Gasteiger partial charge in [-0.1, -0.05) is 33.8 Å². The summed E-state index contributed by atoms with van der Waals surface area (Å²) < 4.78 is 0. The van der Waals surface area contributed by atoms with E-state index in [-0.39, 0.29) is 51.0 Å². The maximum absolute atomic E-state index is 14.8. The second-order valence-electron chi connectivity index (χ2n) is 18.4. The number of Topliss-reactive ketones (excluding diaryl/α,β-unsaturated/α-hetero) is 2. The predicted molar refractivity (Wildman–Crippen MR) is 183 cm³/mol. The van der Waals surface area contributed by atoms with Crippen LogP contribution in [0.1, 0.15) is 156 Å². The Labute approximate surface area is 265 Å². The Morgan fingerprint density at radius 3 is 1.42 bits per heavy atom. The fraction of sp³-hybridized carbons (Fsp3) is 0.795. The lowest BCUT2D eigenvalue weighted by Gasteiger charge is -2.48. The number of hydrogen-bond acceptors (Lipinski definition) is 4. The number of rotatable bonds is 9. The summed E-state index contributed by atoms with van der Waals surface area (Å²) >= 11 is 0. The van der Waals surface area contributed by atoms with Crippen LogP contribution >= 0.6 is 0 Å². The largest absolute Gasteiger partial charge is 0.307 e. The van der Waals surface area contributed by atoms with Crippen molar-refractivity contribution in [3.8, 4) is 0 Å². The molecule has 2 heterocycles. The van der Waals surface area contributed by atoms with Gasteiger partial charge in [0.25, 0.3) is 0 Å². The molecule has 2 fully saturated rings. The molecule has 4 heteroatoms.